The molecule has 0 saturated carbocycles. The van der Waals surface area contributed by atoms with Crippen LogP contribution in [0.1, 0.15) is 30.1 Å². The van der Waals surface area contributed by atoms with E-state index >= 15 is 0 Å². The molecule has 0 aliphatic carbocycles. The highest BCUT2D eigenvalue weighted by atomic mass is 35.5. The number of anilines is 1. The normalized spacial score (nSPS) is 15.5. The first-order valence-corrected chi connectivity index (χ1v) is 11.9. The smallest absolute Gasteiger partial charge is 0.338 e. The van der Waals surface area contributed by atoms with Gasteiger partial charge in [-0.25, -0.2) is 13.2 Å². The van der Waals surface area contributed by atoms with Crippen molar-refractivity contribution in [2.45, 2.75) is 30.8 Å². The number of hydrogen-bond donors (Lipinski definition) is 1. The summed E-state index contributed by atoms with van der Waals surface area (Å²) in [6, 6.07) is 8.18. The van der Waals surface area contributed by atoms with E-state index in [4.69, 9.17) is 39.5 Å². The molecule has 2 aromatic carbocycles. The van der Waals surface area contributed by atoms with E-state index in [1.165, 1.54) is 47.6 Å². The topological polar surface area (TPSA) is 92.8 Å². The van der Waals surface area contributed by atoms with E-state index in [-0.39, 0.29) is 31.2 Å². The monoisotopic (exact) mass is 504 g/mol. The zero-order valence-corrected chi connectivity index (χ0v) is 19.5. The summed E-state index contributed by atoms with van der Waals surface area (Å²) >= 11 is 17.8. The van der Waals surface area contributed by atoms with Crippen LogP contribution in [0, 0.1) is 0 Å². The fraction of sp³-hybridized carbons (Fsp3) is 0.300. The van der Waals surface area contributed by atoms with Crippen LogP contribution in [-0.4, -0.2) is 43.8 Å². The van der Waals surface area contributed by atoms with Gasteiger partial charge < -0.3 is 10.1 Å². The lowest BCUT2D eigenvalue weighted by molar-refractivity contribution is -0.123. The Kier molecular flexibility index (Phi) is 7.49. The Morgan fingerprint density at radius 1 is 1.00 bits per heavy atom. The summed E-state index contributed by atoms with van der Waals surface area (Å²) in [6.45, 7) is 2.37. The third-order valence-corrected chi connectivity index (χ3v) is 7.66. The van der Waals surface area contributed by atoms with Crippen LogP contribution in [-0.2, 0) is 19.6 Å². The Balaban J connectivity index is 1.64. The van der Waals surface area contributed by atoms with Gasteiger partial charge in [0.1, 0.15) is 0 Å². The van der Waals surface area contributed by atoms with Crippen LogP contribution in [0.4, 0.5) is 5.69 Å². The van der Waals surface area contributed by atoms with Gasteiger partial charge in [-0.15, -0.1) is 0 Å². The average Bonchev–Trinajstić information content (AvgIpc) is 3.27. The lowest BCUT2D eigenvalue weighted by Gasteiger charge is -2.16. The first-order chi connectivity index (χ1) is 14.6. The number of amides is 1. The lowest BCUT2D eigenvalue weighted by Crippen LogP contribution is -2.30. The number of esters is 1. The average molecular weight is 506 g/mol. The Morgan fingerprint density at radius 3 is 2.19 bits per heavy atom. The SMILES string of the molecule is C[C@@H](OC(=O)c1ccc(S(=O)(=O)N2CCCC2)cc1)C(=O)Nc1cc(Cl)c(Cl)cc1Cl. The number of nitrogens with one attached hydrogen (secondary N) is 1. The van der Waals surface area contributed by atoms with Crippen LogP contribution in [0.25, 0.3) is 0 Å². The summed E-state index contributed by atoms with van der Waals surface area (Å²) in [4.78, 5) is 24.8. The Hall–Kier alpha value is -1.84. The van der Waals surface area contributed by atoms with Gasteiger partial charge in [0, 0.05) is 13.1 Å². The van der Waals surface area contributed by atoms with Crippen molar-refractivity contribution in [2.24, 2.45) is 0 Å². The van der Waals surface area contributed by atoms with E-state index in [1.807, 2.05) is 0 Å². The summed E-state index contributed by atoms with van der Waals surface area (Å²) in [5, 5.41) is 3.14. The molecule has 7 nitrogen and oxygen atoms in total. The van der Waals surface area contributed by atoms with Gasteiger partial charge in [0.15, 0.2) is 6.10 Å². The second-order valence-electron chi connectivity index (χ2n) is 6.92. The summed E-state index contributed by atoms with van der Waals surface area (Å²) in [7, 11) is -3.58. The minimum atomic E-state index is -3.58. The van der Waals surface area contributed by atoms with E-state index in [9.17, 15) is 18.0 Å². The van der Waals surface area contributed by atoms with Crippen molar-refractivity contribution in [3.05, 3.63) is 57.0 Å². The summed E-state index contributed by atoms with van der Waals surface area (Å²) in [5.74, 6) is -1.39. The highest BCUT2D eigenvalue weighted by Gasteiger charge is 2.27. The minimum absolute atomic E-state index is 0.103. The molecular weight excluding hydrogens is 487 g/mol. The number of benzene rings is 2. The predicted octanol–water partition coefficient (Wildman–Crippen LogP) is 4.62. The molecule has 1 heterocycles. The quantitative estimate of drug-likeness (QED) is 0.457. The van der Waals surface area contributed by atoms with Crippen molar-refractivity contribution >= 4 is 62.4 Å². The highest BCUT2D eigenvalue weighted by Crippen LogP contribution is 2.32. The number of nitrogens with zero attached hydrogens (tertiary/aromatic N) is 1. The van der Waals surface area contributed by atoms with Crippen LogP contribution in [0.15, 0.2) is 41.3 Å². The fourth-order valence-electron chi connectivity index (χ4n) is 2.98. The van der Waals surface area contributed by atoms with Crippen molar-refractivity contribution in [3.8, 4) is 0 Å². The molecule has 166 valence electrons. The van der Waals surface area contributed by atoms with Gasteiger partial charge in [-0.05, 0) is 56.2 Å². The number of hydrogen-bond acceptors (Lipinski definition) is 5. The molecule has 0 bridgehead atoms. The van der Waals surface area contributed by atoms with Crippen LogP contribution >= 0.6 is 34.8 Å². The van der Waals surface area contributed by atoms with Crippen LogP contribution in [0.3, 0.4) is 0 Å². The highest BCUT2D eigenvalue weighted by molar-refractivity contribution is 7.89. The molecule has 11 heteroatoms. The molecule has 1 saturated heterocycles. The summed E-state index contributed by atoms with van der Waals surface area (Å²) in [6.07, 6.45) is 0.514. The molecule has 1 N–H and O–H groups in total. The second kappa shape index (κ2) is 9.75. The van der Waals surface area contributed by atoms with Crippen LogP contribution in [0.2, 0.25) is 15.1 Å². The van der Waals surface area contributed by atoms with Crippen molar-refractivity contribution in [3.63, 3.8) is 0 Å². The van der Waals surface area contributed by atoms with Crippen molar-refractivity contribution in [1.29, 1.82) is 0 Å². The molecule has 0 spiro atoms. The van der Waals surface area contributed by atoms with Crippen molar-refractivity contribution in [1.82, 2.24) is 4.31 Å². The van der Waals surface area contributed by atoms with E-state index in [0.29, 0.717) is 13.1 Å². The van der Waals surface area contributed by atoms with Gasteiger partial charge in [0.05, 0.1) is 31.2 Å². The minimum Gasteiger partial charge on any atom is -0.449 e. The van der Waals surface area contributed by atoms with Gasteiger partial charge in [-0.1, -0.05) is 34.8 Å². The second-order valence-corrected chi connectivity index (χ2v) is 10.1. The van der Waals surface area contributed by atoms with E-state index in [2.05, 4.69) is 5.32 Å². The van der Waals surface area contributed by atoms with Gasteiger partial charge in [0.25, 0.3) is 5.91 Å². The third-order valence-electron chi connectivity index (χ3n) is 4.71. The number of rotatable bonds is 6. The summed E-state index contributed by atoms with van der Waals surface area (Å²) < 4.78 is 31.7. The number of carbonyl (C=O) groups excluding carboxylic acids is 2. The first-order valence-electron chi connectivity index (χ1n) is 9.36. The van der Waals surface area contributed by atoms with Gasteiger partial charge in [-0.2, -0.15) is 4.31 Å². The van der Waals surface area contributed by atoms with E-state index in [1.54, 1.807) is 0 Å². The predicted molar refractivity (Wildman–Crippen MR) is 119 cm³/mol. The van der Waals surface area contributed by atoms with Gasteiger partial charge in [0.2, 0.25) is 10.0 Å². The molecule has 1 aliphatic heterocycles. The molecular formula is C20H19Cl3N2O5S. The largest absolute Gasteiger partial charge is 0.449 e. The zero-order chi connectivity index (χ0) is 22.8. The fourth-order valence-corrected chi connectivity index (χ4v) is 5.09. The number of halogens is 3. The maximum atomic E-state index is 12.6. The maximum absolute atomic E-state index is 12.6. The van der Waals surface area contributed by atoms with Gasteiger partial charge >= 0.3 is 5.97 Å². The molecule has 1 fully saturated rings. The molecule has 0 aromatic heterocycles. The number of carbonyl (C=O) groups is 2. The third kappa shape index (κ3) is 5.51. The van der Waals surface area contributed by atoms with Gasteiger partial charge in [-0.3, -0.25) is 4.79 Å². The summed E-state index contributed by atoms with van der Waals surface area (Å²) in [5.41, 5.74) is 0.341. The van der Waals surface area contributed by atoms with E-state index in [0.717, 1.165) is 12.8 Å². The molecule has 2 aromatic rings. The Morgan fingerprint density at radius 2 is 1.58 bits per heavy atom. The molecule has 3 rings (SSSR count). The maximum Gasteiger partial charge on any atom is 0.338 e. The number of ether oxygens (including phenoxy) is 1. The Bertz CT molecular complexity index is 1100. The van der Waals surface area contributed by atoms with Crippen molar-refractivity contribution in [2.75, 3.05) is 18.4 Å². The van der Waals surface area contributed by atoms with E-state index < -0.39 is 28.0 Å². The first kappa shape index (κ1) is 23.8. The molecule has 1 atom stereocenters. The lowest BCUT2D eigenvalue weighted by atomic mass is 10.2. The zero-order valence-electron chi connectivity index (χ0n) is 16.4. The molecule has 0 radical (unpaired) electrons. The molecule has 1 amide bonds. The molecule has 1 aliphatic rings. The van der Waals surface area contributed by atoms with Crippen LogP contribution in [0.5, 0.6) is 0 Å². The standard InChI is InChI=1S/C20H19Cl3N2O5S/c1-12(19(26)24-18-11-16(22)15(21)10-17(18)23)30-20(27)13-4-6-14(7-5-13)31(28,29)25-8-2-3-9-25/h4-7,10-12H,2-3,8-9H2,1H3,(H,24,26)/t12-/m1/s1. The van der Waals surface area contributed by atoms with Crippen molar-refractivity contribution < 1.29 is 22.7 Å². The van der Waals surface area contributed by atoms with Crippen LogP contribution < -0.4 is 5.32 Å². The molecule has 0 unspecified atom stereocenters. The molecule has 31 heavy (non-hydrogen) atoms. The Labute approximate surface area is 195 Å². The number of sulfonamides is 1.